The van der Waals surface area contributed by atoms with Crippen molar-refractivity contribution in [1.29, 1.82) is 0 Å². The molecular formula is C26H34O3. The van der Waals surface area contributed by atoms with Crippen LogP contribution in [0.15, 0.2) is 48.5 Å². The number of hydrogen-bond donors (Lipinski definition) is 1. The third-order valence-corrected chi connectivity index (χ3v) is 6.69. The Labute approximate surface area is 175 Å². The summed E-state index contributed by atoms with van der Waals surface area (Å²) in [6.45, 7) is 4.00. The van der Waals surface area contributed by atoms with Crippen LogP contribution in [0, 0.1) is 5.92 Å². The molecule has 0 amide bonds. The molecule has 1 fully saturated rings. The van der Waals surface area contributed by atoms with Gasteiger partial charge in [-0.15, -0.1) is 0 Å². The molecular weight excluding hydrogens is 360 g/mol. The van der Waals surface area contributed by atoms with Crippen LogP contribution in [0.5, 0.6) is 0 Å². The lowest BCUT2D eigenvalue weighted by Crippen LogP contribution is -2.43. The Balaban J connectivity index is 0.00000117. The Morgan fingerprint density at radius 2 is 1.90 bits per heavy atom. The van der Waals surface area contributed by atoms with Crippen LogP contribution in [-0.4, -0.2) is 24.3 Å². The number of fused-ring (bicyclic) bond motifs is 3. The fourth-order valence-corrected chi connectivity index (χ4v) is 5.41. The quantitative estimate of drug-likeness (QED) is 0.702. The van der Waals surface area contributed by atoms with Crippen LogP contribution >= 0.6 is 0 Å². The summed E-state index contributed by atoms with van der Waals surface area (Å²) >= 11 is 0. The Hall–Kier alpha value is -2.13. The number of aliphatic hydroxyl groups is 1. The van der Waals surface area contributed by atoms with Gasteiger partial charge in [-0.05, 0) is 79.7 Å². The van der Waals surface area contributed by atoms with E-state index in [0.717, 1.165) is 44.9 Å². The Bertz CT molecular complexity index is 814. The first-order valence-corrected chi connectivity index (χ1v) is 11.1. The average molecular weight is 395 g/mol. The lowest BCUT2D eigenvalue weighted by atomic mass is 9.58. The molecule has 0 saturated heterocycles. The number of methoxy groups -OCH3 is 1. The minimum Gasteiger partial charge on any atom is -0.465 e. The minimum absolute atomic E-state index is 0.0427. The molecule has 1 saturated carbocycles. The van der Waals surface area contributed by atoms with Crippen molar-refractivity contribution in [2.24, 2.45) is 5.92 Å². The molecule has 156 valence electrons. The van der Waals surface area contributed by atoms with E-state index in [1.165, 1.54) is 23.8 Å². The highest BCUT2D eigenvalue weighted by molar-refractivity contribution is 5.89. The largest absolute Gasteiger partial charge is 0.465 e. The smallest absolute Gasteiger partial charge is 0.337 e. The van der Waals surface area contributed by atoms with Crippen molar-refractivity contribution in [2.45, 2.75) is 70.3 Å². The Kier molecular flexibility index (Phi) is 7.13. The maximum absolute atomic E-state index is 12.0. The van der Waals surface area contributed by atoms with Crippen molar-refractivity contribution < 1.29 is 14.6 Å². The molecule has 0 radical (unpaired) electrons. The van der Waals surface area contributed by atoms with Gasteiger partial charge in [-0.25, -0.2) is 4.79 Å². The monoisotopic (exact) mass is 394 g/mol. The molecule has 4 rings (SSSR count). The molecule has 0 spiro atoms. The Morgan fingerprint density at radius 3 is 2.62 bits per heavy atom. The van der Waals surface area contributed by atoms with Crippen LogP contribution in [0.2, 0.25) is 0 Å². The van der Waals surface area contributed by atoms with Crippen LogP contribution in [-0.2, 0) is 23.0 Å². The minimum atomic E-state index is -0.269. The van der Waals surface area contributed by atoms with Crippen molar-refractivity contribution >= 4 is 5.97 Å². The van der Waals surface area contributed by atoms with Gasteiger partial charge < -0.3 is 9.84 Å². The molecule has 0 bridgehead atoms. The van der Waals surface area contributed by atoms with Crippen LogP contribution in [0.4, 0.5) is 0 Å². The molecule has 0 aromatic heterocycles. The first kappa shape index (κ1) is 21.6. The molecule has 2 aliphatic carbocycles. The SMILES string of the molecule is CC.COC(=O)c1ccc2c(c1)CCCC1CC(O)CCC21Cc1ccccc1. The van der Waals surface area contributed by atoms with Gasteiger partial charge in [-0.2, -0.15) is 0 Å². The van der Waals surface area contributed by atoms with E-state index in [-0.39, 0.29) is 17.5 Å². The van der Waals surface area contributed by atoms with E-state index < -0.39 is 0 Å². The van der Waals surface area contributed by atoms with Crippen molar-refractivity contribution in [3.8, 4) is 0 Å². The summed E-state index contributed by atoms with van der Waals surface area (Å²) in [5.74, 6) is 0.210. The zero-order valence-corrected chi connectivity index (χ0v) is 18.0. The van der Waals surface area contributed by atoms with Gasteiger partial charge >= 0.3 is 5.97 Å². The second kappa shape index (κ2) is 9.58. The molecule has 3 heteroatoms. The van der Waals surface area contributed by atoms with Gasteiger partial charge in [0.15, 0.2) is 0 Å². The average Bonchev–Trinajstić information content (AvgIpc) is 2.91. The number of ether oxygens (including phenoxy) is 1. The predicted molar refractivity (Wildman–Crippen MR) is 117 cm³/mol. The summed E-state index contributed by atoms with van der Waals surface area (Å²) in [7, 11) is 1.43. The van der Waals surface area contributed by atoms with Crippen molar-refractivity contribution in [1.82, 2.24) is 0 Å². The first-order chi connectivity index (χ1) is 14.1. The summed E-state index contributed by atoms with van der Waals surface area (Å²) in [5.41, 5.74) is 4.70. The molecule has 29 heavy (non-hydrogen) atoms. The number of benzene rings is 2. The van der Waals surface area contributed by atoms with E-state index in [9.17, 15) is 9.90 Å². The molecule has 3 atom stereocenters. The van der Waals surface area contributed by atoms with E-state index in [2.05, 4.69) is 36.4 Å². The third-order valence-electron chi connectivity index (χ3n) is 6.69. The number of aliphatic hydroxyl groups excluding tert-OH is 1. The molecule has 3 nitrogen and oxygen atoms in total. The van der Waals surface area contributed by atoms with Gasteiger partial charge in [0, 0.05) is 5.41 Å². The number of rotatable bonds is 3. The normalized spacial score (nSPS) is 25.5. The highest BCUT2D eigenvalue weighted by atomic mass is 16.5. The maximum atomic E-state index is 12.0. The number of carbonyl (C=O) groups excluding carboxylic acids is 1. The van der Waals surface area contributed by atoms with Gasteiger partial charge in [-0.3, -0.25) is 0 Å². The molecule has 2 aliphatic rings. The second-order valence-corrected chi connectivity index (χ2v) is 8.20. The van der Waals surface area contributed by atoms with Gasteiger partial charge in [0.2, 0.25) is 0 Å². The molecule has 0 heterocycles. The number of hydrogen-bond acceptors (Lipinski definition) is 3. The van der Waals surface area contributed by atoms with Gasteiger partial charge in [-0.1, -0.05) is 50.2 Å². The van der Waals surface area contributed by atoms with Crippen LogP contribution in [0.25, 0.3) is 0 Å². The first-order valence-electron chi connectivity index (χ1n) is 11.1. The van der Waals surface area contributed by atoms with E-state index in [0.29, 0.717) is 11.5 Å². The maximum Gasteiger partial charge on any atom is 0.337 e. The zero-order valence-electron chi connectivity index (χ0n) is 18.0. The number of aryl methyl sites for hydroxylation is 1. The van der Waals surface area contributed by atoms with Crippen molar-refractivity contribution in [2.75, 3.05) is 7.11 Å². The molecule has 2 aromatic rings. The molecule has 1 N–H and O–H groups in total. The Morgan fingerprint density at radius 1 is 1.14 bits per heavy atom. The standard InChI is InChI=1S/C24H28O3.C2H6/c1-27-23(26)19-10-11-22-18(14-19)8-5-9-20-15-21(25)12-13-24(20,22)16-17-6-3-2-4-7-17;1-2/h2-4,6-7,10-11,14,20-21,25H,5,8-9,12-13,15-16H2,1H3;1-2H3. The van der Waals surface area contributed by atoms with Gasteiger partial charge in [0.05, 0.1) is 18.8 Å². The fraction of sp³-hybridized carbons (Fsp3) is 0.500. The summed E-state index contributed by atoms with van der Waals surface area (Å²) in [4.78, 5) is 12.0. The topological polar surface area (TPSA) is 46.5 Å². The van der Waals surface area contributed by atoms with E-state index in [1.54, 1.807) is 0 Å². The molecule has 0 aliphatic heterocycles. The fourth-order valence-electron chi connectivity index (χ4n) is 5.41. The van der Waals surface area contributed by atoms with E-state index >= 15 is 0 Å². The second-order valence-electron chi connectivity index (χ2n) is 8.20. The summed E-state index contributed by atoms with van der Waals surface area (Å²) in [6, 6.07) is 16.8. The predicted octanol–water partition coefficient (Wildman–Crippen LogP) is 5.48. The lowest BCUT2D eigenvalue weighted by molar-refractivity contribution is 0.0468. The summed E-state index contributed by atoms with van der Waals surface area (Å²) in [5, 5.41) is 10.4. The van der Waals surface area contributed by atoms with Gasteiger partial charge in [0.1, 0.15) is 0 Å². The van der Waals surface area contributed by atoms with E-state index in [1.807, 2.05) is 26.0 Å². The van der Waals surface area contributed by atoms with Gasteiger partial charge in [0.25, 0.3) is 0 Å². The summed E-state index contributed by atoms with van der Waals surface area (Å²) < 4.78 is 4.93. The van der Waals surface area contributed by atoms with Crippen molar-refractivity contribution in [3.63, 3.8) is 0 Å². The van der Waals surface area contributed by atoms with Crippen LogP contribution < -0.4 is 0 Å². The molecule has 2 aromatic carbocycles. The van der Waals surface area contributed by atoms with Crippen LogP contribution in [0.1, 0.15) is 73.0 Å². The highest BCUT2D eigenvalue weighted by Crippen LogP contribution is 2.51. The number of carbonyl (C=O) groups is 1. The zero-order chi connectivity index (χ0) is 20.9. The van der Waals surface area contributed by atoms with E-state index in [4.69, 9.17) is 4.74 Å². The highest BCUT2D eigenvalue weighted by Gasteiger charge is 2.46. The van der Waals surface area contributed by atoms with Crippen LogP contribution in [0.3, 0.4) is 0 Å². The lowest BCUT2D eigenvalue weighted by Gasteiger charge is -2.46. The van der Waals surface area contributed by atoms with Crippen molar-refractivity contribution in [3.05, 3.63) is 70.8 Å². The summed E-state index contributed by atoms with van der Waals surface area (Å²) in [6.07, 6.45) is 6.76. The third kappa shape index (κ3) is 4.40. The molecule has 3 unspecified atom stereocenters. The number of esters is 1.